The fourth-order valence-corrected chi connectivity index (χ4v) is 2.86. The van der Waals surface area contributed by atoms with Gasteiger partial charge in [0, 0.05) is 11.8 Å². The van der Waals surface area contributed by atoms with Crippen molar-refractivity contribution in [3.63, 3.8) is 0 Å². The van der Waals surface area contributed by atoms with Crippen LogP contribution in [-0.2, 0) is 16.2 Å². The zero-order valence-electron chi connectivity index (χ0n) is 11.5. The van der Waals surface area contributed by atoms with Gasteiger partial charge in [0.1, 0.15) is 11.4 Å². The van der Waals surface area contributed by atoms with Crippen LogP contribution in [0.2, 0.25) is 0 Å². The molecule has 0 atom stereocenters. The number of sulfonamides is 1. The minimum absolute atomic E-state index is 0.319. The molecule has 0 unspecified atom stereocenters. The summed E-state index contributed by atoms with van der Waals surface area (Å²) in [5, 5.41) is 10.6. The molecule has 24 heavy (non-hydrogen) atoms. The van der Waals surface area contributed by atoms with Crippen molar-refractivity contribution in [1.82, 2.24) is 0 Å². The lowest BCUT2D eigenvalue weighted by Crippen LogP contribution is -2.15. The second kappa shape index (κ2) is 6.07. The van der Waals surface area contributed by atoms with Gasteiger partial charge in [-0.2, -0.15) is 13.2 Å². The number of rotatable bonds is 4. The molecule has 0 radical (unpaired) electrons. The number of nitro groups is 1. The van der Waals surface area contributed by atoms with E-state index in [1.165, 1.54) is 0 Å². The molecule has 0 aromatic heterocycles. The molecule has 0 saturated heterocycles. The third-order valence-electron chi connectivity index (χ3n) is 2.87. The summed E-state index contributed by atoms with van der Waals surface area (Å²) in [5.41, 5.74) is -3.31. The van der Waals surface area contributed by atoms with E-state index in [9.17, 15) is 36.1 Å². The Morgan fingerprint density at radius 1 is 1.04 bits per heavy atom. The fourth-order valence-electron chi connectivity index (χ4n) is 1.81. The number of benzene rings is 2. The summed E-state index contributed by atoms with van der Waals surface area (Å²) in [5.74, 6) is -0.691. The molecule has 2 aromatic carbocycles. The van der Waals surface area contributed by atoms with Crippen molar-refractivity contribution in [2.45, 2.75) is 11.1 Å². The van der Waals surface area contributed by atoms with Gasteiger partial charge in [0.2, 0.25) is 0 Å². The topological polar surface area (TPSA) is 89.3 Å². The lowest BCUT2D eigenvalue weighted by molar-refractivity contribution is -0.388. The Morgan fingerprint density at radius 3 is 2.12 bits per heavy atom. The molecule has 0 aliphatic rings. The fraction of sp³-hybridized carbons (Fsp3) is 0.0769. The average Bonchev–Trinajstić information content (AvgIpc) is 2.46. The van der Waals surface area contributed by atoms with Crippen molar-refractivity contribution in [3.8, 4) is 0 Å². The molecule has 0 spiro atoms. The molecule has 11 heteroatoms. The van der Waals surface area contributed by atoms with Crippen LogP contribution < -0.4 is 4.72 Å². The van der Waals surface area contributed by atoms with Crippen LogP contribution in [0.5, 0.6) is 0 Å². The van der Waals surface area contributed by atoms with Gasteiger partial charge in [-0.15, -0.1) is 0 Å². The molecule has 0 heterocycles. The van der Waals surface area contributed by atoms with E-state index in [2.05, 4.69) is 0 Å². The predicted octanol–water partition coefficient (Wildman–Crippen LogP) is 3.55. The van der Waals surface area contributed by atoms with Gasteiger partial charge < -0.3 is 0 Å². The van der Waals surface area contributed by atoms with E-state index in [0.29, 0.717) is 12.1 Å². The van der Waals surface area contributed by atoms with Crippen LogP contribution in [0.3, 0.4) is 0 Å². The van der Waals surface area contributed by atoms with Gasteiger partial charge in [0.15, 0.2) is 0 Å². The van der Waals surface area contributed by atoms with E-state index < -0.39 is 43.9 Å². The average molecular weight is 364 g/mol. The smallest absolute Gasteiger partial charge is 0.280 e. The van der Waals surface area contributed by atoms with Crippen molar-refractivity contribution in [2.24, 2.45) is 0 Å². The highest BCUT2D eigenvalue weighted by molar-refractivity contribution is 7.92. The zero-order valence-corrected chi connectivity index (χ0v) is 12.4. The lowest BCUT2D eigenvalue weighted by atomic mass is 10.1. The van der Waals surface area contributed by atoms with Gasteiger partial charge in [-0.3, -0.25) is 14.8 Å². The first-order valence-corrected chi connectivity index (χ1v) is 7.63. The quantitative estimate of drug-likeness (QED) is 0.510. The number of nitrogens with one attached hydrogen (secondary N) is 1. The first-order chi connectivity index (χ1) is 11.0. The monoisotopic (exact) mass is 364 g/mol. The largest absolute Gasteiger partial charge is 0.423 e. The van der Waals surface area contributed by atoms with Crippen molar-refractivity contribution >= 4 is 21.4 Å². The lowest BCUT2D eigenvalue weighted by Gasteiger charge is -2.11. The summed E-state index contributed by atoms with van der Waals surface area (Å²) in [6, 6.07) is 5.28. The second-order valence-electron chi connectivity index (χ2n) is 4.55. The van der Waals surface area contributed by atoms with Crippen molar-refractivity contribution in [2.75, 3.05) is 4.72 Å². The molecule has 2 aromatic rings. The maximum atomic E-state index is 12.9. The third-order valence-corrected chi connectivity index (χ3v) is 4.27. The SMILES string of the molecule is O=[N+]([O-])c1ccc(NS(=O)(=O)c2ccc(F)cc2)cc1C(F)(F)F. The van der Waals surface area contributed by atoms with E-state index >= 15 is 0 Å². The first-order valence-electron chi connectivity index (χ1n) is 6.15. The molecular formula is C13H8F4N2O4S. The molecule has 0 amide bonds. The molecule has 0 aliphatic heterocycles. The molecule has 0 bridgehead atoms. The van der Waals surface area contributed by atoms with Crippen molar-refractivity contribution < 1.29 is 30.9 Å². The van der Waals surface area contributed by atoms with Gasteiger partial charge in [-0.05, 0) is 36.4 Å². The Morgan fingerprint density at radius 2 is 1.62 bits per heavy atom. The number of hydrogen-bond donors (Lipinski definition) is 1. The van der Waals surface area contributed by atoms with Crippen molar-refractivity contribution in [3.05, 3.63) is 64.0 Å². The van der Waals surface area contributed by atoms with Crippen molar-refractivity contribution in [1.29, 1.82) is 0 Å². The number of anilines is 1. The maximum absolute atomic E-state index is 12.9. The van der Waals surface area contributed by atoms with Gasteiger partial charge in [0.05, 0.1) is 9.82 Å². The molecular weight excluding hydrogens is 356 g/mol. The van der Waals surface area contributed by atoms with E-state index in [1.807, 2.05) is 4.72 Å². The van der Waals surface area contributed by atoms with Crippen LogP contribution in [0.4, 0.5) is 28.9 Å². The van der Waals surface area contributed by atoms with Gasteiger partial charge >= 0.3 is 6.18 Å². The summed E-state index contributed by atoms with van der Waals surface area (Å²) < 4.78 is 77.3. The van der Waals surface area contributed by atoms with Crippen LogP contribution >= 0.6 is 0 Å². The highest BCUT2D eigenvalue weighted by Crippen LogP contribution is 2.37. The number of halogens is 4. The highest BCUT2D eigenvalue weighted by Gasteiger charge is 2.38. The Hall–Kier alpha value is -2.69. The number of nitro benzene ring substituents is 1. The van der Waals surface area contributed by atoms with Gasteiger partial charge in [0.25, 0.3) is 15.7 Å². The van der Waals surface area contributed by atoms with E-state index in [4.69, 9.17) is 0 Å². The normalized spacial score (nSPS) is 12.0. The standard InChI is InChI=1S/C13H8F4N2O4S/c14-8-1-4-10(5-2-8)24(22,23)18-9-3-6-12(19(20)21)11(7-9)13(15,16)17/h1-7,18H. The van der Waals surface area contributed by atoms with E-state index in [0.717, 1.165) is 30.3 Å². The Bertz CT molecular complexity index is 880. The van der Waals surface area contributed by atoms with E-state index in [1.54, 1.807) is 0 Å². The molecule has 0 saturated carbocycles. The first kappa shape index (κ1) is 17.7. The Kier molecular flexibility index (Phi) is 4.47. The Balaban J connectivity index is 2.43. The molecule has 1 N–H and O–H groups in total. The van der Waals surface area contributed by atoms with Crippen LogP contribution in [0, 0.1) is 15.9 Å². The molecule has 0 fully saturated rings. The zero-order chi connectivity index (χ0) is 18.1. The highest BCUT2D eigenvalue weighted by atomic mass is 32.2. The second-order valence-corrected chi connectivity index (χ2v) is 6.23. The number of nitrogens with zero attached hydrogens (tertiary/aromatic N) is 1. The van der Waals surface area contributed by atoms with Crippen LogP contribution in [-0.4, -0.2) is 13.3 Å². The summed E-state index contributed by atoms with van der Waals surface area (Å²) in [6.07, 6.45) is -5.04. The minimum atomic E-state index is -5.04. The minimum Gasteiger partial charge on any atom is -0.280 e. The van der Waals surface area contributed by atoms with Crippen LogP contribution in [0.15, 0.2) is 47.4 Å². The van der Waals surface area contributed by atoms with Gasteiger partial charge in [-0.25, -0.2) is 12.8 Å². The number of hydrogen-bond acceptors (Lipinski definition) is 4. The molecule has 2 rings (SSSR count). The summed E-state index contributed by atoms with van der Waals surface area (Å²) in [6.45, 7) is 0. The van der Waals surface area contributed by atoms with Crippen LogP contribution in [0.25, 0.3) is 0 Å². The summed E-state index contributed by atoms with van der Waals surface area (Å²) in [4.78, 5) is 9.05. The third kappa shape index (κ3) is 3.79. The predicted molar refractivity (Wildman–Crippen MR) is 75.3 cm³/mol. The summed E-state index contributed by atoms with van der Waals surface area (Å²) in [7, 11) is -4.28. The molecule has 128 valence electrons. The summed E-state index contributed by atoms with van der Waals surface area (Å²) >= 11 is 0. The van der Waals surface area contributed by atoms with E-state index in [-0.39, 0.29) is 4.90 Å². The Labute approximate surface area is 132 Å². The maximum Gasteiger partial charge on any atom is 0.423 e. The molecule has 0 aliphatic carbocycles. The van der Waals surface area contributed by atoms with Crippen LogP contribution in [0.1, 0.15) is 5.56 Å². The molecule has 6 nitrogen and oxygen atoms in total. The number of alkyl halides is 3. The van der Waals surface area contributed by atoms with Gasteiger partial charge in [-0.1, -0.05) is 0 Å².